The number of hydrogen-bond donors (Lipinski definition) is 1. The molecule has 0 heterocycles. The van der Waals surface area contributed by atoms with Crippen molar-refractivity contribution in [2.24, 2.45) is 5.73 Å². The van der Waals surface area contributed by atoms with E-state index in [1.807, 2.05) is 31.9 Å². The molecule has 0 saturated carbocycles. The van der Waals surface area contributed by atoms with Crippen LogP contribution in [0.5, 0.6) is 0 Å². The highest BCUT2D eigenvalue weighted by Crippen LogP contribution is 2.27. The maximum absolute atomic E-state index is 13.8. The van der Waals surface area contributed by atoms with Crippen LogP contribution in [0.3, 0.4) is 0 Å². The predicted molar refractivity (Wildman–Crippen MR) is 68.8 cm³/mol. The Bertz CT molecular complexity index is 355. The van der Waals surface area contributed by atoms with Crippen LogP contribution in [0.25, 0.3) is 0 Å². The van der Waals surface area contributed by atoms with E-state index in [2.05, 4.69) is 0 Å². The molecule has 0 unspecified atom stereocenters. The molecule has 17 heavy (non-hydrogen) atoms. The van der Waals surface area contributed by atoms with Gasteiger partial charge in [0.15, 0.2) is 0 Å². The van der Waals surface area contributed by atoms with Gasteiger partial charge in [0.2, 0.25) is 0 Å². The fourth-order valence-electron chi connectivity index (χ4n) is 1.76. The molecular formula is C13H21FN2O. The lowest BCUT2D eigenvalue weighted by molar-refractivity contribution is 0.154. The molecule has 0 aliphatic heterocycles. The van der Waals surface area contributed by atoms with Crippen LogP contribution < -0.4 is 10.6 Å². The fourth-order valence-corrected chi connectivity index (χ4v) is 1.76. The van der Waals surface area contributed by atoms with Gasteiger partial charge in [0, 0.05) is 26.2 Å². The van der Waals surface area contributed by atoms with Gasteiger partial charge in [0.05, 0.1) is 12.3 Å². The molecule has 1 aromatic rings. The van der Waals surface area contributed by atoms with Crippen molar-refractivity contribution in [3.05, 3.63) is 29.6 Å². The topological polar surface area (TPSA) is 38.5 Å². The number of likely N-dealkylation sites (N-methyl/N-ethyl adjacent to an activating group) is 1. The molecule has 2 N–H and O–H groups in total. The van der Waals surface area contributed by atoms with Crippen molar-refractivity contribution in [1.82, 2.24) is 0 Å². The highest BCUT2D eigenvalue weighted by molar-refractivity contribution is 5.55. The Balaban J connectivity index is 2.87. The zero-order valence-electron chi connectivity index (χ0n) is 10.7. The lowest BCUT2D eigenvalue weighted by atomic mass is 10.1. The van der Waals surface area contributed by atoms with Crippen LogP contribution in [-0.2, 0) is 4.74 Å². The summed E-state index contributed by atoms with van der Waals surface area (Å²) in [5.41, 5.74) is 7.25. The summed E-state index contributed by atoms with van der Waals surface area (Å²) >= 11 is 0. The van der Waals surface area contributed by atoms with Crippen LogP contribution in [0.2, 0.25) is 0 Å². The number of benzene rings is 1. The van der Waals surface area contributed by atoms with Crippen molar-refractivity contribution in [2.75, 3.05) is 31.7 Å². The van der Waals surface area contributed by atoms with Gasteiger partial charge >= 0.3 is 0 Å². The second-order valence-corrected chi connectivity index (χ2v) is 4.08. The van der Waals surface area contributed by atoms with Crippen LogP contribution in [-0.4, -0.2) is 26.8 Å². The van der Waals surface area contributed by atoms with E-state index in [0.717, 1.165) is 5.56 Å². The Kier molecular flexibility index (Phi) is 5.38. The second kappa shape index (κ2) is 6.57. The molecule has 0 aromatic heterocycles. The van der Waals surface area contributed by atoms with E-state index < -0.39 is 0 Å². The summed E-state index contributed by atoms with van der Waals surface area (Å²) < 4.78 is 19.1. The summed E-state index contributed by atoms with van der Waals surface area (Å²) in [4.78, 5) is 1.85. The van der Waals surface area contributed by atoms with Gasteiger partial charge in [0.25, 0.3) is 0 Å². The average molecular weight is 240 g/mol. The molecule has 4 heteroatoms. The van der Waals surface area contributed by atoms with Crippen LogP contribution in [0, 0.1) is 5.82 Å². The minimum atomic E-state index is -0.237. The van der Waals surface area contributed by atoms with Crippen molar-refractivity contribution < 1.29 is 9.13 Å². The Morgan fingerprint density at radius 3 is 2.76 bits per heavy atom. The van der Waals surface area contributed by atoms with E-state index in [0.29, 0.717) is 25.4 Å². The molecule has 1 rings (SSSR count). The van der Waals surface area contributed by atoms with Gasteiger partial charge in [-0.25, -0.2) is 4.39 Å². The minimum Gasteiger partial charge on any atom is -0.380 e. The van der Waals surface area contributed by atoms with Gasteiger partial charge in [-0.2, -0.15) is 0 Å². The summed E-state index contributed by atoms with van der Waals surface area (Å²) in [5, 5.41) is 0. The molecule has 0 bridgehead atoms. The normalized spacial score (nSPS) is 12.5. The summed E-state index contributed by atoms with van der Waals surface area (Å²) in [7, 11) is 1.85. The predicted octanol–water partition coefficient (Wildman–Crippen LogP) is 2.32. The molecule has 96 valence electrons. The van der Waals surface area contributed by atoms with Gasteiger partial charge in [-0.15, -0.1) is 0 Å². The number of halogens is 1. The van der Waals surface area contributed by atoms with Crippen molar-refractivity contribution in [2.45, 2.75) is 19.9 Å². The molecule has 0 fully saturated rings. The number of hydrogen-bond acceptors (Lipinski definition) is 3. The molecule has 0 amide bonds. The fraction of sp³-hybridized carbons (Fsp3) is 0.538. The van der Waals surface area contributed by atoms with Crippen LogP contribution in [0.4, 0.5) is 10.1 Å². The van der Waals surface area contributed by atoms with Crippen LogP contribution in [0.1, 0.15) is 25.5 Å². The summed E-state index contributed by atoms with van der Waals surface area (Å²) in [6.45, 7) is 5.70. The zero-order valence-corrected chi connectivity index (χ0v) is 10.7. The first-order valence-electron chi connectivity index (χ1n) is 5.90. The number of nitrogens with zero attached hydrogens (tertiary/aromatic N) is 1. The van der Waals surface area contributed by atoms with Crippen LogP contribution >= 0.6 is 0 Å². The van der Waals surface area contributed by atoms with E-state index in [1.54, 1.807) is 6.07 Å². The smallest absolute Gasteiger partial charge is 0.146 e. The van der Waals surface area contributed by atoms with E-state index >= 15 is 0 Å². The lowest BCUT2D eigenvalue weighted by Crippen LogP contribution is -2.26. The second-order valence-electron chi connectivity index (χ2n) is 4.08. The van der Waals surface area contributed by atoms with Gasteiger partial charge in [-0.05, 0) is 25.5 Å². The molecular weight excluding hydrogens is 219 g/mol. The Labute approximate surface area is 102 Å². The van der Waals surface area contributed by atoms with Crippen molar-refractivity contribution in [3.63, 3.8) is 0 Å². The van der Waals surface area contributed by atoms with Gasteiger partial charge in [0.1, 0.15) is 5.82 Å². The highest BCUT2D eigenvalue weighted by Gasteiger charge is 2.15. The van der Waals surface area contributed by atoms with Gasteiger partial charge < -0.3 is 15.4 Å². The molecule has 0 radical (unpaired) electrons. The third-order valence-electron chi connectivity index (χ3n) is 2.67. The number of rotatable bonds is 6. The first kappa shape index (κ1) is 13.9. The maximum atomic E-state index is 13.8. The van der Waals surface area contributed by atoms with E-state index in [1.165, 1.54) is 6.07 Å². The molecule has 3 nitrogen and oxygen atoms in total. The van der Waals surface area contributed by atoms with Gasteiger partial charge in [-0.3, -0.25) is 0 Å². The largest absolute Gasteiger partial charge is 0.380 e. The summed E-state index contributed by atoms with van der Waals surface area (Å²) in [6.07, 6.45) is 0. The number of ether oxygens (including phenoxy) is 1. The molecule has 0 saturated heterocycles. The molecule has 0 aliphatic carbocycles. The maximum Gasteiger partial charge on any atom is 0.146 e. The van der Waals surface area contributed by atoms with Crippen molar-refractivity contribution in [3.8, 4) is 0 Å². The number of anilines is 1. The van der Waals surface area contributed by atoms with Gasteiger partial charge in [-0.1, -0.05) is 12.1 Å². The lowest BCUT2D eigenvalue weighted by Gasteiger charge is -2.24. The van der Waals surface area contributed by atoms with E-state index in [4.69, 9.17) is 10.5 Å². The van der Waals surface area contributed by atoms with Crippen molar-refractivity contribution >= 4 is 5.69 Å². The third-order valence-corrected chi connectivity index (χ3v) is 2.67. The summed E-state index contributed by atoms with van der Waals surface area (Å²) in [6, 6.07) is 4.82. The standard InChI is InChI=1S/C13H21FN2O/c1-4-17-9-8-16(3)13-11(10(2)15)6-5-7-12(13)14/h5-7,10H,4,8-9,15H2,1-3H3/t10-/m1/s1. The first-order chi connectivity index (χ1) is 8.07. The zero-order chi connectivity index (χ0) is 12.8. The Morgan fingerprint density at radius 1 is 1.47 bits per heavy atom. The highest BCUT2D eigenvalue weighted by atomic mass is 19.1. The number of nitrogens with two attached hydrogens (primary N) is 1. The summed E-state index contributed by atoms with van der Waals surface area (Å²) in [5.74, 6) is -0.237. The van der Waals surface area contributed by atoms with E-state index in [-0.39, 0.29) is 11.9 Å². The molecule has 1 aromatic carbocycles. The van der Waals surface area contributed by atoms with Crippen LogP contribution in [0.15, 0.2) is 18.2 Å². The average Bonchev–Trinajstić information content (AvgIpc) is 2.28. The molecule has 0 spiro atoms. The quantitative estimate of drug-likeness (QED) is 0.775. The number of para-hydroxylation sites is 1. The first-order valence-corrected chi connectivity index (χ1v) is 5.90. The third kappa shape index (κ3) is 3.68. The Morgan fingerprint density at radius 2 is 2.18 bits per heavy atom. The minimum absolute atomic E-state index is 0.185. The van der Waals surface area contributed by atoms with E-state index in [9.17, 15) is 4.39 Å². The Hall–Kier alpha value is -1.13. The molecule has 0 aliphatic rings. The molecule has 1 atom stereocenters. The SMILES string of the molecule is CCOCCN(C)c1c(F)cccc1[C@@H](C)N. The van der Waals surface area contributed by atoms with Crippen molar-refractivity contribution in [1.29, 1.82) is 0 Å². The monoisotopic (exact) mass is 240 g/mol.